The summed E-state index contributed by atoms with van der Waals surface area (Å²) in [5.74, 6) is 0. The number of aryl methyl sites for hydroxylation is 1. The summed E-state index contributed by atoms with van der Waals surface area (Å²) in [6.07, 6.45) is 0. The minimum absolute atomic E-state index is 0.672. The maximum atomic E-state index is 5.15. The van der Waals surface area contributed by atoms with Crippen molar-refractivity contribution in [1.29, 1.82) is 0 Å². The number of hydrogen-bond donors (Lipinski definition) is 1. The van der Waals surface area contributed by atoms with Crippen molar-refractivity contribution in [1.82, 2.24) is 5.32 Å². The van der Waals surface area contributed by atoms with Crippen LogP contribution < -0.4 is 5.32 Å². The van der Waals surface area contributed by atoms with E-state index in [2.05, 4.69) is 58.5 Å². The normalized spacial score (nSPS) is 10.9. The van der Waals surface area contributed by atoms with E-state index in [1.54, 1.807) is 7.11 Å². The third-order valence-electron chi connectivity index (χ3n) is 2.84. The van der Waals surface area contributed by atoms with Crippen LogP contribution in [0.15, 0.2) is 34.8 Å². The zero-order chi connectivity index (χ0) is 13.7. The number of benzene rings is 1. The van der Waals surface area contributed by atoms with Crippen LogP contribution in [0.1, 0.15) is 20.9 Å². The Balaban J connectivity index is 1.86. The van der Waals surface area contributed by atoms with Crippen LogP contribution in [0, 0.1) is 6.92 Å². The Morgan fingerprint density at radius 1 is 1.21 bits per heavy atom. The predicted octanol–water partition coefficient (Wildman–Crippen LogP) is 4.26. The summed E-state index contributed by atoms with van der Waals surface area (Å²) in [5.41, 5.74) is 2.51. The number of hydrogen-bond acceptors (Lipinski definition) is 3. The van der Waals surface area contributed by atoms with Crippen molar-refractivity contribution in [2.75, 3.05) is 7.11 Å². The second-order valence-electron chi connectivity index (χ2n) is 4.47. The Kier molecular flexibility index (Phi) is 5.58. The summed E-state index contributed by atoms with van der Waals surface area (Å²) in [7, 11) is 1.72. The van der Waals surface area contributed by atoms with E-state index >= 15 is 0 Å². The molecule has 102 valence electrons. The molecular weight excluding hydrogens is 322 g/mol. The Morgan fingerprint density at radius 2 is 2.00 bits per heavy atom. The molecule has 1 heterocycles. The Labute approximate surface area is 126 Å². The molecule has 19 heavy (non-hydrogen) atoms. The molecule has 0 atom stereocenters. The first kappa shape index (κ1) is 14.7. The zero-order valence-corrected chi connectivity index (χ0v) is 13.6. The summed E-state index contributed by atoms with van der Waals surface area (Å²) in [5, 5.41) is 3.48. The molecule has 0 radical (unpaired) electrons. The Morgan fingerprint density at radius 3 is 2.68 bits per heavy atom. The monoisotopic (exact) mass is 339 g/mol. The van der Waals surface area contributed by atoms with Gasteiger partial charge >= 0.3 is 0 Å². The molecule has 4 heteroatoms. The lowest BCUT2D eigenvalue weighted by Crippen LogP contribution is -2.11. The molecular formula is C15H18BrNOS. The standard InChI is InChI=1S/C15H18BrNOS/c1-11-15(16)7-14(19-11)9-17-8-12-4-3-5-13(6-12)10-18-2/h3-7,17H,8-10H2,1-2H3. The molecule has 2 nitrogen and oxygen atoms in total. The van der Waals surface area contributed by atoms with E-state index in [1.165, 1.54) is 25.4 Å². The van der Waals surface area contributed by atoms with E-state index in [4.69, 9.17) is 4.74 Å². The van der Waals surface area contributed by atoms with Crippen LogP contribution in [0.4, 0.5) is 0 Å². The first-order valence-electron chi connectivity index (χ1n) is 6.21. The molecule has 0 aliphatic heterocycles. The van der Waals surface area contributed by atoms with Gasteiger partial charge in [0.25, 0.3) is 0 Å². The molecule has 0 amide bonds. The lowest BCUT2D eigenvalue weighted by atomic mass is 10.1. The number of rotatable bonds is 6. The van der Waals surface area contributed by atoms with Gasteiger partial charge in [0.05, 0.1) is 6.61 Å². The SMILES string of the molecule is COCc1cccc(CNCc2cc(Br)c(C)s2)c1. The van der Waals surface area contributed by atoms with Crippen LogP contribution >= 0.6 is 27.3 Å². The smallest absolute Gasteiger partial charge is 0.0713 e. The Hall–Kier alpha value is -0.680. The molecule has 0 saturated heterocycles. The zero-order valence-electron chi connectivity index (χ0n) is 11.2. The Bertz CT molecular complexity index is 519. The fraction of sp³-hybridized carbons (Fsp3) is 0.333. The van der Waals surface area contributed by atoms with Gasteiger partial charge in [-0.25, -0.2) is 0 Å². The van der Waals surface area contributed by atoms with Gasteiger partial charge in [0.2, 0.25) is 0 Å². The van der Waals surface area contributed by atoms with Crippen LogP contribution in [0.25, 0.3) is 0 Å². The van der Waals surface area contributed by atoms with Crippen molar-refractivity contribution >= 4 is 27.3 Å². The van der Waals surface area contributed by atoms with Crippen molar-refractivity contribution in [3.05, 3.63) is 55.7 Å². The molecule has 0 aliphatic carbocycles. The molecule has 0 saturated carbocycles. The lowest BCUT2D eigenvalue weighted by Gasteiger charge is -2.06. The fourth-order valence-electron chi connectivity index (χ4n) is 1.93. The molecule has 2 aromatic rings. The minimum Gasteiger partial charge on any atom is -0.380 e. The van der Waals surface area contributed by atoms with E-state index in [0.717, 1.165) is 13.1 Å². The summed E-state index contributed by atoms with van der Waals surface area (Å²) in [6, 6.07) is 10.7. The van der Waals surface area contributed by atoms with Gasteiger partial charge in [0.15, 0.2) is 0 Å². The molecule has 0 spiro atoms. The van der Waals surface area contributed by atoms with Gasteiger partial charge < -0.3 is 10.1 Å². The maximum Gasteiger partial charge on any atom is 0.0713 e. The highest BCUT2D eigenvalue weighted by Gasteiger charge is 2.02. The molecule has 0 fully saturated rings. The van der Waals surface area contributed by atoms with Crippen LogP contribution in [0.3, 0.4) is 0 Å². The summed E-state index contributed by atoms with van der Waals surface area (Å²) in [4.78, 5) is 2.69. The van der Waals surface area contributed by atoms with Crippen molar-refractivity contribution in [3.63, 3.8) is 0 Å². The third kappa shape index (κ3) is 4.42. The van der Waals surface area contributed by atoms with Gasteiger partial charge in [0, 0.05) is 34.4 Å². The number of thiophene rings is 1. The molecule has 1 aromatic carbocycles. The van der Waals surface area contributed by atoms with Crippen molar-refractivity contribution < 1.29 is 4.74 Å². The highest BCUT2D eigenvalue weighted by molar-refractivity contribution is 9.10. The second-order valence-corrected chi connectivity index (χ2v) is 6.67. The molecule has 1 N–H and O–H groups in total. The van der Waals surface area contributed by atoms with Crippen LogP contribution in [0.5, 0.6) is 0 Å². The van der Waals surface area contributed by atoms with Crippen molar-refractivity contribution in [2.45, 2.75) is 26.6 Å². The fourth-order valence-corrected chi connectivity index (χ4v) is 3.50. The average Bonchev–Trinajstić information content (AvgIpc) is 2.70. The molecule has 0 unspecified atom stereocenters. The minimum atomic E-state index is 0.672. The van der Waals surface area contributed by atoms with Crippen LogP contribution in [-0.4, -0.2) is 7.11 Å². The number of nitrogens with one attached hydrogen (secondary N) is 1. The lowest BCUT2D eigenvalue weighted by molar-refractivity contribution is 0.185. The topological polar surface area (TPSA) is 21.3 Å². The quantitative estimate of drug-likeness (QED) is 0.849. The molecule has 0 bridgehead atoms. The number of ether oxygens (including phenoxy) is 1. The predicted molar refractivity (Wildman–Crippen MR) is 84.5 cm³/mol. The largest absolute Gasteiger partial charge is 0.380 e. The summed E-state index contributed by atoms with van der Waals surface area (Å²) < 4.78 is 6.35. The summed E-state index contributed by atoms with van der Waals surface area (Å²) in [6.45, 7) is 4.59. The van der Waals surface area contributed by atoms with Gasteiger partial charge in [-0.15, -0.1) is 11.3 Å². The molecule has 0 aliphatic rings. The molecule has 1 aromatic heterocycles. The van der Waals surface area contributed by atoms with Gasteiger partial charge in [-0.05, 0) is 40.0 Å². The van der Waals surface area contributed by atoms with Crippen LogP contribution in [-0.2, 0) is 24.4 Å². The van der Waals surface area contributed by atoms with Gasteiger partial charge in [-0.2, -0.15) is 0 Å². The van der Waals surface area contributed by atoms with Crippen molar-refractivity contribution in [3.8, 4) is 0 Å². The maximum absolute atomic E-state index is 5.15. The van der Waals surface area contributed by atoms with E-state index in [-0.39, 0.29) is 0 Å². The number of halogens is 1. The van der Waals surface area contributed by atoms with Gasteiger partial charge in [-0.1, -0.05) is 24.3 Å². The average molecular weight is 340 g/mol. The second kappa shape index (κ2) is 7.20. The molecule has 2 rings (SSSR count). The number of methoxy groups -OCH3 is 1. The van der Waals surface area contributed by atoms with Gasteiger partial charge in [0.1, 0.15) is 0 Å². The highest BCUT2D eigenvalue weighted by Crippen LogP contribution is 2.26. The summed E-state index contributed by atoms with van der Waals surface area (Å²) >= 11 is 5.38. The van der Waals surface area contributed by atoms with Crippen molar-refractivity contribution in [2.24, 2.45) is 0 Å². The van der Waals surface area contributed by atoms with E-state index in [0.29, 0.717) is 6.61 Å². The first-order valence-corrected chi connectivity index (χ1v) is 7.82. The van der Waals surface area contributed by atoms with Gasteiger partial charge in [-0.3, -0.25) is 0 Å². The first-order chi connectivity index (χ1) is 9.19. The highest BCUT2D eigenvalue weighted by atomic mass is 79.9. The van der Waals surface area contributed by atoms with E-state index in [1.807, 2.05) is 11.3 Å². The van der Waals surface area contributed by atoms with E-state index < -0.39 is 0 Å². The van der Waals surface area contributed by atoms with E-state index in [9.17, 15) is 0 Å². The van der Waals surface area contributed by atoms with Crippen LogP contribution in [0.2, 0.25) is 0 Å². The third-order valence-corrected chi connectivity index (χ3v) is 4.98.